The van der Waals surface area contributed by atoms with E-state index in [1.165, 1.54) is 0 Å². The molecule has 0 spiro atoms. The number of ether oxygens (including phenoxy) is 1. The molecule has 1 saturated heterocycles. The van der Waals surface area contributed by atoms with Crippen molar-refractivity contribution in [3.05, 3.63) is 13.2 Å². The predicted molar refractivity (Wildman–Crippen MR) is 36.7 cm³/mol. The van der Waals surface area contributed by atoms with Crippen LogP contribution < -0.4 is 12.3 Å². The van der Waals surface area contributed by atoms with Crippen molar-refractivity contribution < 1.29 is 4.74 Å². The Morgan fingerprint density at radius 2 is 1.50 bits per heavy atom. The van der Waals surface area contributed by atoms with Crippen LogP contribution in [-0.4, -0.2) is 12.7 Å². The molecule has 52 valence electrons. The van der Waals surface area contributed by atoms with Gasteiger partial charge in [-0.15, -0.1) is 13.2 Å². The SMILES string of the molecule is C=C.CC1CO1.N.N. The average Bonchev–Trinajstić information content (AvgIpc) is 2.30. The molecule has 6 N–H and O–H groups in total. The van der Waals surface area contributed by atoms with Gasteiger partial charge in [0.25, 0.3) is 0 Å². The molecule has 8 heavy (non-hydrogen) atoms. The average molecular weight is 120 g/mol. The van der Waals surface area contributed by atoms with Crippen LogP contribution in [0.3, 0.4) is 0 Å². The lowest BCUT2D eigenvalue weighted by atomic mass is 10.6. The number of rotatable bonds is 0. The Bertz CT molecular complexity index is 37.4. The van der Waals surface area contributed by atoms with Crippen LogP contribution in [0.5, 0.6) is 0 Å². The van der Waals surface area contributed by atoms with E-state index in [0.717, 1.165) is 6.61 Å². The molecule has 0 amide bonds. The van der Waals surface area contributed by atoms with Crippen molar-refractivity contribution in [2.75, 3.05) is 6.61 Å². The lowest BCUT2D eigenvalue weighted by Crippen LogP contribution is -1.60. The minimum absolute atomic E-state index is 0. The van der Waals surface area contributed by atoms with Gasteiger partial charge in [-0.25, -0.2) is 0 Å². The summed E-state index contributed by atoms with van der Waals surface area (Å²) in [5, 5.41) is 0. The maximum atomic E-state index is 4.71. The third kappa shape index (κ3) is 17.5. The lowest BCUT2D eigenvalue weighted by molar-refractivity contribution is 0.423. The molecule has 1 heterocycles. The Morgan fingerprint density at radius 1 is 1.38 bits per heavy atom. The minimum atomic E-state index is 0. The zero-order chi connectivity index (χ0) is 4.99. The van der Waals surface area contributed by atoms with Gasteiger partial charge in [0.1, 0.15) is 0 Å². The van der Waals surface area contributed by atoms with Crippen molar-refractivity contribution in [3.8, 4) is 0 Å². The van der Waals surface area contributed by atoms with E-state index < -0.39 is 0 Å². The zero-order valence-electron chi connectivity index (χ0n) is 5.52. The molecule has 1 atom stereocenters. The molecule has 1 rings (SSSR count). The molecule has 0 aromatic heterocycles. The third-order valence-electron chi connectivity index (χ3n) is 0.500. The van der Waals surface area contributed by atoms with Gasteiger partial charge in [-0.1, -0.05) is 0 Å². The molecule has 1 aliphatic heterocycles. The third-order valence-corrected chi connectivity index (χ3v) is 0.500. The summed E-state index contributed by atoms with van der Waals surface area (Å²) in [6.07, 6.45) is 0.583. The standard InChI is InChI=1S/C3H6O.C2H4.2H3N/c1-3-2-4-3;1-2;;/h3H,2H2,1H3;1-2H2;2*1H3. The van der Waals surface area contributed by atoms with Crippen LogP contribution in [0.2, 0.25) is 0 Å². The summed E-state index contributed by atoms with van der Waals surface area (Å²) in [6, 6.07) is 0. The highest BCUT2D eigenvalue weighted by molar-refractivity contribution is 4.58. The Morgan fingerprint density at radius 3 is 1.50 bits per heavy atom. The quantitative estimate of drug-likeness (QED) is 0.375. The lowest BCUT2D eigenvalue weighted by Gasteiger charge is -1.50. The summed E-state index contributed by atoms with van der Waals surface area (Å²) in [7, 11) is 0. The first-order valence-electron chi connectivity index (χ1n) is 2.01. The maximum Gasteiger partial charge on any atom is 0.0781 e. The summed E-state index contributed by atoms with van der Waals surface area (Å²) in [4.78, 5) is 0. The van der Waals surface area contributed by atoms with Gasteiger partial charge in [-0.3, -0.25) is 0 Å². The molecule has 0 aromatic carbocycles. The van der Waals surface area contributed by atoms with Crippen LogP contribution in [0, 0.1) is 0 Å². The Labute approximate surface area is 50.9 Å². The summed E-state index contributed by atoms with van der Waals surface area (Å²) in [6.45, 7) is 9.04. The van der Waals surface area contributed by atoms with Gasteiger partial charge in [-0.05, 0) is 6.92 Å². The van der Waals surface area contributed by atoms with Crippen LogP contribution >= 0.6 is 0 Å². The topological polar surface area (TPSA) is 82.5 Å². The molecule has 1 fully saturated rings. The van der Waals surface area contributed by atoms with Gasteiger partial charge in [0.15, 0.2) is 0 Å². The van der Waals surface area contributed by atoms with E-state index in [1.54, 1.807) is 0 Å². The molecular weight excluding hydrogens is 104 g/mol. The van der Waals surface area contributed by atoms with Gasteiger partial charge >= 0.3 is 0 Å². The van der Waals surface area contributed by atoms with Gasteiger partial charge in [-0.2, -0.15) is 0 Å². The van der Waals surface area contributed by atoms with Gasteiger partial charge in [0, 0.05) is 0 Å². The van der Waals surface area contributed by atoms with E-state index in [0.29, 0.717) is 6.10 Å². The fraction of sp³-hybridized carbons (Fsp3) is 0.600. The van der Waals surface area contributed by atoms with Crippen molar-refractivity contribution in [2.45, 2.75) is 13.0 Å². The second-order valence-corrected chi connectivity index (χ2v) is 1.14. The van der Waals surface area contributed by atoms with Gasteiger partial charge in [0.05, 0.1) is 12.7 Å². The van der Waals surface area contributed by atoms with E-state index in [9.17, 15) is 0 Å². The van der Waals surface area contributed by atoms with Crippen molar-refractivity contribution in [3.63, 3.8) is 0 Å². The fourth-order valence-electron chi connectivity index (χ4n) is 0.0962. The Balaban J connectivity index is -0.0000000583. The molecule has 0 radical (unpaired) electrons. The highest BCUT2D eigenvalue weighted by Crippen LogP contribution is 2.04. The van der Waals surface area contributed by atoms with Crippen LogP contribution in [0.15, 0.2) is 13.2 Å². The zero-order valence-corrected chi connectivity index (χ0v) is 5.52. The predicted octanol–water partition coefficient (Wildman–Crippen LogP) is 1.53. The van der Waals surface area contributed by atoms with Crippen LogP contribution in [-0.2, 0) is 4.74 Å². The summed E-state index contributed by atoms with van der Waals surface area (Å²) in [5.74, 6) is 0. The van der Waals surface area contributed by atoms with E-state index in [4.69, 9.17) is 4.74 Å². The molecule has 1 aliphatic rings. The van der Waals surface area contributed by atoms with Gasteiger partial charge < -0.3 is 17.0 Å². The number of hydrogen-bond donors (Lipinski definition) is 2. The summed E-state index contributed by atoms with van der Waals surface area (Å²) in [5.41, 5.74) is 0. The first-order valence-corrected chi connectivity index (χ1v) is 2.01. The Kier molecular flexibility index (Phi) is 19.2. The molecule has 0 bridgehead atoms. The summed E-state index contributed by atoms with van der Waals surface area (Å²) < 4.78 is 4.71. The fourth-order valence-corrected chi connectivity index (χ4v) is 0.0962. The second-order valence-electron chi connectivity index (χ2n) is 1.14. The van der Waals surface area contributed by atoms with E-state index in [-0.39, 0.29) is 12.3 Å². The molecular formula is C5H16N2O. The van der Waals surface area contributed by atoms with Gasteiger partial charge in [0.2, 0.25) is 0 Å². The second kappa shape index (κ2) is 9.80. The van der Waals surface area contributed by atoms with Crippen molar-refractivity contribution in [2.24, 2.45) is 0 Å². The van der Waals surface area contributed by atoms with Crippen LogP contribution in [0.1, 0.15) is 6.92 Å². The normalized spacial score (nSPS) is 20.4. The number of epoxide rings is 1. The minimum Gasteiger partial charge on any atom is -0.373 e. The molecule has 0 aliphatic carbocycles. The van der Waals surface area contributed by atoms with Crippen molar-refractivity contribution in [1.82, 2.24) is 12.3 Å². The largest absolute Gasteiger partial charge is 0.373 e. The summed E-state index contributed by atoms with van der Waals surface area (Å²) >= 11 is 0. The number of hydrogen-bond acceptors (Lipinski definition) is 3. The monoisotopic (exact) mass is 120 g/mol. The molecule has 0 saturated carbocycles. The molecule has 3 heteroatoms. The Hall–Kier alpha value is -0.380. The molecule has 1 unspecified atom stereocenters. The van der Waals surface area contributed by atoms with Crippen molar-refractivity contribution >= 4 is 0 Å². The highest BCUT2D eigenvalue weighted by atomic mass is 16.6. The van der Waals surface area contributed by atoms with Crippen molar-refractivity contribution in [1.29, 1.82) is 0 Å². The van der Waals surface area contributed by atoms with E-state index >= 15 is 0 Å². The smallest absolute Gasteiger partial charge is 0.0781 e. The van der Waals surface area contributed by atoms with Crippen LogP contribution in [0.4, 0.5) is 0 Å². The van der Waals surface area contributed by atoms with Crippen LogP contribution in [0.25, 0.3) is 0 Å². The molecule has 3 nitrogen and oxygen atoms in total. The van der Waals surface area contributed by atoms with E-state index in [2.05, 4.69) is 20.1 Å². The molecule has 0 aromatic rings. The first-order chi connectivity index (χ1) is 2.89. The highest BCUT2D eigenvalue weighted by Gasteiger charge is 2.13. The first kappa shape index (κ1) is 15.6. The maximum absolute atomic E-state index is 4.71. The van der Waals surface area contributed by atoms with E-state index in [1.807, 2.05) is 0 Å².